The van der Waals surface area contributed by atoms with Gasteiger partial charge in [0.25, 0.3) is 0 Å². The minimum absolute atomic E-state index is 0.0147. The average molecular weight is 612 g/mol. The van der Waals surface area contributed by atoms with Gasteiger partial charge in [0.15, 0.2) is 17.3 Å². The summed E-state index contributed by atoms with van der Waals surface area (Å²) in [5, 5.41) is 12.0. The Bertz CT molecular complexity index is 1470. The summed E-state index contributed by atoms with van der Waals surface area (Å²) in [7, 11) is -4.04. The van der Waals surface area contributed by atoms with Crippen LogP contribution in [0.3, 0.4) is 0 Å². The number of rotatable bonds is 9. The highest BCUT2D eigenvalue weighted by atomic mass is 35.5. The fourth-order valence-corrected chi connectivity index (χ4v) is 6.46. The maximum Gasteiger partial charge on any atom is 0.475 e. The summed E-state index contributed by atoms with van der Waals surface area (Å²) >= 11 is 6.10. The molecular weight excluding hydrogens is 581 g/mol. The molecule has 16 heteroatoms. The molecule has 2 aliphatic heterocycles. The summed E-state index contributed by atoms with van der Waals surface area (Å²) in [5.74, 6) is -0.429. The molecule has 0 saturated carbocycles. The first kappa shape index (κ1) is 29.6. The fourth-order valence-electron chi connectivity index (χ4n) is 4.87. The molecule has 2 aliphatic rings. The maximum atomic E-state index is 13.4. The Kier molecular flexibility index (Phi) is 8.53. The molecule has 41 heavy (non-hydrogen) atoms. The number of hydrogen-bond donors (Lipinski definition) is 2. The first-order chi connectivity index (χ1) is 19.5. The van der Waals surface area contributed by atoms with Gasteiger partial charge in [-0.05, 0) is 31.5 Å². The summed E-state index contributed by atoms with van der Waals surface area (Å²) in [6.07, 6.45) is -1.75. The van der Waals surface area contributed by atoms with Gasteiger partial charge in [0.1, 0.15) is 17.8 Å². The number of nitrogen functional groups attached to an aromatic ring is 1. The van der Waals surface area contributed by atoms with E-state index in [0.29, 0.717) is 29.2 Å². The van der Waals surface area contributed by atoms with Crippen LogP contribution in [0.25, 0.3) is 11.2 Å². The van der Waals surface area contributed by atoms with E-state index in [9.17, 15) is 14.5 Å². The van der Waals surface area contributed by atoms with Crippen LogP contribution in [0.1, 0.15) is 38.9 Å². The van der Waals surface area contributed by atoms with E-state index in [-0.39, 0.29) is 31.6 Å². The first-order valence-corrected chi connectivity index (χ1v) is 14.8. The number of ether oxygens (including phenoxy) is 3. The second kappa shape index (κ2) is 11.8. The third-order valence-corrected chi connectivity index (χ3v) is 8.51. The molecule has 5 rings (SSSR count). The van der Waals surface area contributed by atoms with Crippen LogP contribution in [0.2, 0.25) is 5.02 Å². The number of carbonyl (C=O) groups excluding carboxylic acids is 1. The van der Waals surface area contributed by atoms with Crippen molar-refractivity contribution in [3.63, 3.8) is 0 Å². The molecule has 4 heterocycles. The lowest BCUT2D eigenvalue weighted by atomic mass is 9.92. The van der Waals surface area contributed by atoms with Gasteiger partial charge in [-0.1, -0.05) is 23.7 Å². The molecular formula is C25H31ClN5O9P. The van der Waals surface area contributed by atoms with E-state index in [0.717, 1.165) is 5.56 Å². The fraction of sp³-hybridized carbons (Fsp3) is 0.520. The van der Waals surface area contributed by atoms with Crippen molar-refractivity contribution in [1.82, 2.24) is 19.5 Å². The van der Waals surface area contributed by atoms with Crippen LogP contribution in [-0.2, 0) is 38.9 Å². The third-order valence-electron chi connectivity index (χ3n) is 6.79. The van der Waals surface area contributed by atoms with E-state index in [1.165, 1.54) is 20.2 Å². The van der Waals surface area contributed by atoms with Gasteiger partial charge in [0, 0.05) is 18.4 Å². The number of hydrogen-bond acceptors (Lipinski definition) is 13. The predicted molar refractivity (Wildman–Crippen MR) is 145 cm³/mol. The molecule has 0 aliphatic carbocycles. The van der Waals surface area contributed by atoms with Crippen molar-refractivity contribution in [3.05, 3.63) is 41.2 Å². The van der Waals surface area contributed by atoms with Crippen molar-refractivity contribution in [2.45, 2.75) is 63.8 Å². The van der Waals surface area contributed by atoms with E-state index >= 15 is 0 Å². The third kappa shape index (κ3) is 6.33. The van der Waals surface area contributed by atoms with E-state index < -0.39 is 43.8 Å². The Morgan fingerprint density at radius 3 is 2.90 bits per heavy atom. The standard InChI is InChI=1S/C25H31ClN5O9P/c1-4-35-23-20-22(29-24(27)30-23)31(13-28-20)11-19-25(3,33)21(38-14(2)32)18(39-19)12-37-41(34)36-9-8-17(40-41)15-6-5-7-16(26)10-15/h5-7,10,13,17-19,21,33H,4,8-9,11-12H2,1-3H3,(H2,27,29,30)/t17-,18+,19-,21+,25-,41?/m0/s1. The van der Waals surface area contributed by atoms with Crippen molar-refractivity contribution in [2.75, 3.05) is 25.6 Å². The number of nitrogens with two attached hydrogens (primary N) is 1. The van der Waals surface area contributed by atoms with Crippen LogP contribution in [0.15, 0.2) is 30.6 Å². The summed E-state index contributed by atoms with van der Waals surface area (Å²) < 4.78 is 48.8. The van der Waals surface area contributed by atoms with Crippen LogP contribution in [-0.4, -0.2) is 74.3 Å². The Hall–Kier alpha value is -2.84. The minimum Gasteiger partial charge on any atom is -0.476 e. The number of anilines is 1. The number of fused-ring (bicyclic) bond motifs is 1. The van der Waals surface area contributed by atoms with Gasteiger partial charge in [-0.2, -0.15) is 9.97 Å². The van der Waals surface area contributed by atoms with Gasteiger partial charge in [0.05, 0.1) is 38.8 Å². The van der Waals surface area contributed by atoms with E-state index in [1.54, 1.807) is 35.8 Å². The van der Waals surface area contributed by atoms with Gasteiger partial charge in [-0.3, -0.25) is 18.4 Å². The van der Waals surface area contributed by atoms with Crippen LogP contribution in [0, 0.1) is 0 Å². The smallest absolute Gasteiger partial charge is 0.475 e. The number of phosphoric acid groups is 1. The molecule has 1 aromatic carbocycles. The molecule has 2 fully saturated rings. The van der Waals surface area contributed by atoms with E-state index in [4.69, 9.17) is 45.1 Å². The highest BCUT2D eigenvalue weighted by Crippen LogP contribution is 2.57. The summed E-state index contributed by atoms with van der Waals surface area (Å²) in [5.41, 5.74) is 5.65. The molecule has 2 saturated heterocycles. The first-order valence-electron chi connectivity index (χ1n) is 13.0. The van der Waals surface area contributed by atoms with Crippen LogP contribution in [0.5, 0.6) is 5.88 Å². The number of nitrogens with zero attached hydrogens (tertiary/aromatic N) is 4. The lowest BCUT2D eigenvalue weighted by Gasteiger charge is -2.31. The number of imidazole rings is 1. The minimum atomic E-state index is -4.04. The Labute approximate surface area is 240 Å². The van der Waals surface area contributed by atoms with Crippen molar-refractivity contribution in [3.8, 4) is 5.88 Å². The van der Waals surface area contributed by atoms with Crippen molar-refractivity contribution >= 4 is 42.5 Å². The topological polar surface area (TPSA) is 179 Å². The second-order valence-corrected chi connectivity index (χ2v) is 11.9. The van der Waals surface area contributed by atoms with Crippen LogP contribution < -0.4 is 10.5 Å². The number of carbonyl (C=O) groups is 1. The molecule has 222 valence electrons. The molecule has 1 unspecified atom stereocenters. The second-order valence-electron chi connectivity index (χ2n) is 9.82. The molecule has 14 nitrogen and oxygen atoms in total. The average Bonchev–Trinajstić information content (AvgIpc) is 3.41. The van der Waals surface area contributed by atoms with Gasteiger partial charge in [-0.25, -0.2) is 9.55 Å². The van der Waals surface area contributed by atoms with E-state index in [1.807, 2.05) is 0 Å². The molecule has 0 bridgehead atoms. The summed E-state index contributed by atoms with van der Waals surface area (Å²) in [6.45, 7) is 4.64. The number of aliphatic hydroxyl groups is 1. The molecule has 6 atom stereocenters. The molecule has 0 amide bonds. The summed E-state index contributed by atoms with van der Waals surface area (Å²) in [6, 6.07) is 7.01. The SMILES string of the molecule is CCOc1nc(N)nc2c1ncn2C[C@@H]1O[C@H](COP2(=O)OCC[C@@H](c3cccc(Cl)c3)O2)[C@@H](OC(C)=O)[C@@]1(C)O. The zero-order valence-electron chi connectivity index (χ0n) is 22.6. The highest BCUT2D eigenvalue weighted by molar-refractivity contribution is 7.48. The van der Waals surface area contributed by atoms with Gasteiger partial charge < -0.3 is 29.6 Å². The number of esters is 1. The number of halogens is 1. The lowest BCUT2D eigenvalue weighted by molar-refractivity contribution is -0.160. The largest absolute Gasteiger partial charge is 0.476 e. The molecule has 3 N–H and O–H groups in total. The van der Waals surface area contributed by atoms with Crippen LogP contribution in [0.4, 0.5) is 5.95 Å². The highest BCUT2D eigenvalue weighted by Gasteiger charge is 2.55. The maximum absolute atomic E-state index is 13.4. The number of aromatic nitrogens is 4. The zero-order valence-corrected chi connectivity index (χ0v) is 24.3. The van der Waals surface area contributed by atoms with Gasteiger partial charge >= 0.3 is 13.8 Å². The predicted octanol–water partition coefficient (Wildman–Crippen LogP) is 3.21. The number of benzene rings is 1. The van der Waals surface area contributed by atoms with Gasteiger partial charge in [0.2, 0.25) is 11.8 Å². The molecule has 3 aromatic rings. The van der Waals surface area contributed by atoms with E-state index in [2.05, 4.69) is 15.0 Å². The normalized spacial score (nSPS) is 30.0. The Balaban J connectivity index is 1.34. The molecule has 2 aromatic heterocycles. The Morgan fingerprint density at radius 2 is 2.17 bits per heavy atom. The lowest BCUT2D eigenvalue weighted by Crippen LogP contribution is -2.49. The monoisotopic (exact) mass is 611 g/mol. The van der Waals surface area contributed by atoms with Crippen molar-refractivity contribution < 1.29 is 42.2 Å². The quantitative estimate of drug-likeness (QED) is 0.266. The Morgan fingerprint density at radius 1 is 1.37 bits per heavy atom. The van der Waals surface area contributed by atoms with Gasteiger partial charge in [-0.15, -0.1) is 0 Å². The van der Waals surface area contributed by atoms with Crippen molar-refractivity contribution in [1.29, 1.82) is 0 Å². The van der Waals surface area contributed by atoms with Crippen LogP contribution >= 0.6 is 19.4 Å². The summed E-state index contributed by atoms with van der Waals surface area (Å²) in [4.78, 5) is 24.6. The van der Waals surface area contributed by atoms with Crippen molar-refractivity contribution in [2.24, 2.45) is 0 Å². The zero-order chi connectivity index (χ0) is 29.4. The number of phosphoric ester groups is 1. The molecule has 0 spiro atoms. The molecule has 0 radical (unpaired) electrons.